The maximum Gasteiger partial charge on any atom is 0.573 e. The number of carbonyl (C=O) groups is 1. The molecule has 7 nitrogen and oxygen atoms in total. The molecule has 1 aliphatic heterocycles. The first-order chi connectivity index (χ1) is 15.2. The highest BCUT2D eigenvalue weighted by Gasteiger charge is 2.33. The highest BCUT2D eigenvalue weighted by molar-refractivity contribution is 5.87. The highest BCUT2D eigenvalue weighted by Crippen LogP contribution is 2.37. The number of hydrogen-bond donors (Lipinski definition) is 1. The molecule has 10 heteroatoms. The minimum atomic E-state index is -4.84. The average Bonchev–Trinajstić information content (AvgIpc) is 3.19. The van der Waals surface area contributed by atoms with Crippen molar-refractivity contribution in [1.29, 1.82) is 0 Å². The molecule has 3 aromatic rings. The maximum absolute atomic E-state index is 12.6. The van der Waals surface area contributed by atoms with Crippen LogP contribution in [0.3, 0.4) is 0 Å². The van der Waals surface area contributed by atoms with E-state index in [0.717, 1.165) is 0 Å². The van der Waals surface area contributed by atoms with Gasteiger partial charge in [0.25, 0.3) is 0 Å². The molecule has 3 heterocycles. The number of aromatic nitrogens is 2. The number of methoxy groups -OCH3 is 1. The van der Waals surface area contributed by atoms with Gasteiger partial charge in [0, 0.05) is 30.6 Å². The van der Waals surface area contributed by atoms with Crippen molar-refractivity contribution in [2.24, 2.45) is 5.92 Å². The van der Waals surface area contributed by atoms with Gasteiger partial charge in [-0.25, -0.2) is 4.98 Å². The third kappa shape index (κ3) is 4.68. The number of amides is 1. The molecular formula is C22H20F3N3O4. The van der Waals surface area contributed by atoms with E-state index >= 15 is 0 Å². The summed E-state index contributed by atoms with van der Waals surface area (Å²) in [5, 5.41) is 3.47. The molecule has 1 unspecified atom stereocenters. The lowest BCUT2D eigenvalue weighted by molar-refractivity contribution is -0.275. The summed E-state index contributed by atoms with van der Waals surface area (Å²) in [6.45, 7) is 2.39. The Morgan fingerprint density at radius 3 is 2.69 bits per heavy atom. The van der Waals surface area contributed by atoms with Gasteiger partial charge in [-0.2, -0.15) is 0 Å². The van der Waals surface area contributed by atoms with E-state index in [1.807, 2.05) is 13.0 Å². The summed E-state index contributed by atoms with van der Waals surface area (Å²) in [6.07, 6.45) is -3.14. The Morgan fingerprint density at radius 2 is 2.00 bits per heavy atom. The first kappa shape index (κ1) is 21.7. The standard InChI is InChI=1S/C22H20F3N3O4/c1-12(14-9-20(29)27-11-14)31-21-15-4-3-7-26-17(15)10-16(28-21)13-5-6-18(19(8-13)30-2)32-22(23,24)25/h3-8,10,12,14H,9,11H2,1-2H3,(H,27,29)/t12-,14?/m1/s1. The first-order valence-electron chi connectivity index (χ1n) is 9.87. The predicted molar refractivity (Wildman–Crippen MR) is 109 cm³/mol. The van der Waals surface area contributed by atoms with Crippen molar-refractivity contribution in [2.75, 3.05) is 13.7 Å². The Labute approximate surface area is 181 Å². The summed E-state index contributed by atoms with van der Waals surface area (Å²) in [7, 11) is 1.25. The molecule has 2 atom stereocenters. The van der Waals surface area contributed by atoms with Crippen LogP contribution >= 0.6 is 0 Å². The van der Waals surface area contributed by atoms with Gasteiger partial charge in [0.15, 0.2) is 11.5 Å². The number of ether oxygens (including phenoxy) is 3. The molecule has 32 heavy (non-hydrogen) atoms. The summed E-state index contributed by atoms with van der Waals surface area (Å²) in [6, 6.07) is 9.32. The largest absolute Gasteiger partial charge is 0.573 e. The smallest absolute Gasteiger partial charge is 0.493 e. The first-order valence-corrected chi connectivity index (χ1v) is 9.87. The van der Waals surface area contributed by atoms with Gasteiger partial charge in [-0.05, 0) is 43.3 Å². The van der Waals surface area contributed by atoms with Crippen LogP contribution in [0.5, 0.6) is 17.4 Å². The minimum absolute atomic E-state index is 0.00132. The Kier molecular flexibility index (Phi) is 5.77. The fourth-order valence-electron chi connectivity index (χ4n) is 3.55. The molecule has 1 amide bonds. The minimum Gasteiger partial charge on any atom is -0.493 e. The number of pyridine rings is 2. The van der Waals surface area contributed by atoms with Crippen LogP contribution in [0.2, 0.25) is 0 Å². The zero-order valence-electron chi connectivity index (χ0n) is 17.3. The van der Waals surface area contributed by atoms with Crippen molar-refractivity contribution in [3.8, 4) is 28.6 Å². The lowest BCUT2D eigenvalue weighted by atomic mass is 10.0. The summed E-state index contributed by atoms with van der Waals surface area (Å²) >= 11 is 0. The molecule has 4 rings (SSSR count). The highest BCUT2D eigenvalue weighted by atomic mass is 19.4. The number of halogens is 3. The second-order valence-electron chi connectivity index (χ2n) is 7.39. The van der Waals surface area contributed by atoms with Crippen molar-refractivity contribution >= 4 is 16.8 Å². The van der Waals surface area contributed by atoms with Crippen molar-refractivity contribution in [3.63, 3.8) is 0 Å². The quantitative estimate of drug-likeness (QED) is 0.613. The molecule has 1 aromatic carbocycles. The van der Waals surface area contributed by atoms with Crippen LogP contribution < -0.4 is 19.5 Å². The van der Waals surface area contributed by atoms with Crippen LogP contribution in [-0.4, -0.2) is 42.0 Å². The van der Waals surface area contributed by atoms with Crippen LogP contribution in [-0.2, 0) is 4.79 Å². The number of carbonyl (C=O) groups excluding carboxylic acids is 1. The third-order valence-electron chi connectivity index (χ3n) is 5.22. The molecule has 1 fully saturated rings. The van der Waals surface area contributed by atoms with Crippen LogP contribution in [0.4, 0.5) is 13.2 Å². The predicted octanol–water partition coefficient (Wildman–Crippen LogP) is 4.11. The number of hydrogen-bond acceptors (Lipinski definition) is 6. The number of alkyl halides is 3. The van der Waals surface area contributed by atoms with Crippen LogP contribution in [0.15, 0.2) is 42.6 Å². The van der Waals surface area contributed by atoms with Gasteiger partial charge in [-0.15, -0.1) is 13.2 Å². The molecule has 0 aliphatic carbocycles. The second-order valence-corrected chi connectivity index (χ2v) is 7.39. The lowest BCUT2D eigenvalue weighted by Gasteiger charge is -2.20. The SMILES string of the molecule is COc1cc(-c2cc3ncccc3c(O[C@H](C)C3CNC(=O)C3)n2)ccc1OC(F)(F)F. The molecule has 0 radical (unpaired) electrons. The van der Waals surface area contributed by atoms with E-state index < -0.39 is 12.1 Å². The molecule has 2 aromatic heterocycles. The van der Waals surface area contributed by atoms with Crippen LogP contribution in [0.1, 0.15) is 13.3 Å². The van der Waals surface area contributed by atoms with E-state index in [4.69, 9.17) is 9.47 Å². The molecule has 0 spiro atoms. The summed E-state index contributed by atoms with van der Waals surface area (Å²) < 4.78 is 53.1. The van der Waals surface area contributed by atoms with Gasteiger partial charge in [-0.1, -0.05) is 0 Å². The number of rotatable bonds is 6. The molecule has 0 saturated carbocycles. The van der Waals surface area contributed by atoms with Crippen LogP contribution in [0.25, 0.3) is 22.2 Å². The number of fused-ring (bicyclic) bond motifs is 1. The molecule has 1 saturated heterocycles. The molecule has 0 bridgehead atoms. The summed E-state index contributed by atoms with van der Waals surface area (Å²) in [4.78, 5) is 20.5. The Hall–Kier alpha value is -3.56. The monoisotopic (exact) mass is 447 g/mol. The molecule has 168 valence electrons. The van der Waals surface area contributed by atoms with Gasteiger partial charge in [0.05, 0.1) is 23.7 Å². The zero-order valence-corrected chi connectivity index (χ0v) is 17.3. The number of nitrogens with one attached hydrogen (secondary N) is 1. The van der Waals surface area contributed by atoms with Crippen molar-refractivity contribution in [3.05, 3.63) is 42.6 Å². The van der Waals surface area contributed by atoms with Crippen molar-refractivity contribution in [2.45, 2.75) is 25.8 Å². The summed E-state index contributed by atoms with van der Waals surface area (Å²) in [5.41, 5.74) is 1.55. The fraction of sp³-hybridized carbons (Fsp3) is 0.318. The Morgan fingerprint density at radius 1 is 1.19 bits per heavy atom. The van der Waals surface area contributed by atoms with E-state index in [2.05, 4.69) is 20.0 Å². The topological polar surface area (TPSA) is 82.6 Å². The normalized spacial score (nSPS) is 17.2. The van der Waals surface area contributed by atoms with E-state index in [9.17, 15) is 18.0 Å². The lowest BCUT2D eigenvalue weighted by Crippen LogP contribution is -2.26. The van der Waals surface area contributed by atoms with Crippen LogP contribution in [0, 0.1) is 5.92 Å². The Bertz CT molecular complexity index is 1150. The average molecular weight is 447 g/mol. The Balaban J connectivity index is 1.71. The van der Waals surface area contributed by atoms with Gasteiger partial charge < -0.3 is 19.5 Å². The fourth-order valence-corrected chi connectivity index (χ4v) is 3.55. The van der Waals surface area contributed by atoms with Gasteiger partial charge in [0.2, 0.25) is 11.8 Å². The van der Waals surface area contributed by atoms with E-state index in [1.54, 1.807) is 18.3 Å². The van der Waals surface area contributed by atoms with Crippen molar-refractivity contribution in [1.82, 2.24) is 15.3 Å². The summed E-state index contributed by atoms with van der Waals surface area (Å²) in [5.74, 6) is -0.238. The van der Waals surface area contributed by atoms with Gasteiger partial charge in [0.1, 0.15) is 6.10 Å². The van der Waals surface area contributed by atoms with Gasteiger partial charge >= 0.3 is 6.36 Å². The molecular weight excluding hydrogens is 427 g/mol. The second kappa shape index (κ2) is 8.52. The zero-order chi connectivity index (χ0) is 22.9. The van der Waals surface area contributed by atoms with E-state index in [1.165, 1.54) is 25.3 Å². The molecule has 1 aliphatic rings. The van der Waals surface area contributed by atoms with E-state index in [0.29, 0.717) is 41.0 Å². The van der Waals surface area contributed by atoms with E-state index in [-0.39, 0.29) is 23.7 Å². The third-order valence-corrected chi connectivity index (χ3v) is 5.22. The maximum atomic E-state index is 12.6. The van der Waals surface area contributed by atoms with Crippen molar-refractivity contribution < 1.29 is 32.2 Å². The number of nitrogens with zero attached hydrogens (tertiary/aromatic N) is 2. The molecule has 1 N–H and O–H groups in total. The number of benzene rings is 1. The van der Waals surface area contributed by atoms with Gasteiger partial charge in [-0.3, -0.25) is 9.78 Å².